The Morgan fingerprint density at radius 3 is 2.54 bits per heavy atom. The first-order valence-corrected chi connectivity index (χ1v) is 9.40. The Kier molecular flexibility index (Phi) is 5.89. The van der Waals surface area contributed by atoms with Gasteiger partial charge in [-0.15, -0.1) is 0 Å². The summed E-state index contributed by atoms with van der Waals surface area (Å²) >= 11 is 5.41. The lowest BCUT2D eigenvalue weighted by Gasteiger charge is -2.16. The molecule has 1 amide bonds. The Bertz CT molecular complexity index is 801. The van der Waals surface area contributed by atoms with E-state index >= 15 is 0 Å². The molecule has 0 bridgehead atoms. The quantitative estimate of drug-likeness (QED) is 0.787. The fourth-order valence-corrected chi connectivity index (χ4v) is 3.26. The summed E-state index contributed by atoms with van der Waals surface area (Å²) in [5, 5.41) is 7.13. The zero-order chi connectivity index (χ0) is 18.5. The predicted octanol–water partition coefficient (Wildman–Crippen LogP) is 3.91. The topological polar surface area (TPSA) is 44.4 Å². The molecular weight excluding hydrogens is 342 g/mol. The fraction of sp³-hybridized carbons (Fsp3) is 0.333. The van der Waals surface area contributed by atoms with Crippen molar-refractivity contribution in [2.24, 2.45) is 0 Å². The Morgan fingerprint density at radius 1 is 1.12 bits per heavy atom. The van der Waals surface area contributed by atoms with Gasteiger partial charge in [0.25, 0.3) is 0 Å². The summed E-state index contributed by atoms with van der Waals surface area (Å²) in [7, 11) is 0. The SMILES string of the molecule is Cc1ccc(C)c(NC(=S)NCc2ccc(CN3CCCC3=O)cc2)c1. The second-order valence-electron chi connectivity index (χ2n) is 6.86. The molecule has 3 rings (SSSR count). The molecule has 1 aliphatic rings. The molecular formula is C21H25N3OS. The molecule has 136 valence electrons. The first-order valence-electron chi connectivity index (χ1n) is 8.99. The van der Waals surface area contributed by atoms with Crippen LogP contribution in [0.1, 0.15) is 35.1 Å². The van der Waals surface area contributed by atoms with Gasteiger partial charge in [-0.25, -0.2) is 0 Å². The van der Waals surface area contributed by atoms with Crippen LogP contribution in [0, 0.1) is 13.8 Å². The summed E-state index contributed by atoms with van der Waals surface area (Å²) in [4.78, 5) is 13.6. The smallest absolute Gasteiger partial charge is 0.222 e. The van der Waals surface area contributed by atoms with E-state index in [4.69, 9.17) is 12.2 Å². The maximum Gasteiger partial charge on any atom is 0.222 e. The first kappa shape index (κ1) is 18.4. The predicted molar refractivity (Wildman–Crippen MR) is 110 cm³/mol. The highest BCUT2D eigenvalue weighted by molar-refractivity contribution is 7.80. The molecule has 0 radical (unpaired) electrons. The van der Waals surface area contributed by atoms with Gasteiger partial charge in [-0.3, -0.25) is 4.79 Å². The molecule has 0 unspecified atom stereocenters. The van der Waals surface area contributed by atoms with Crippen molar-refractivity contribution in [1.29, 1.82) is 0 Å². The maximum atomic E-state index is 11.7. The molecule has 4 nitrogen and oxygen atoms in total. The monoisotopic (exact) mass is 367 g/mol. The Balaban J connectivity index is 1.50. The number of hydrogen-bond donors (Lipinski definition) is 2. The van der Waals surface area contributed by atoms with Crippen LogP contribution in [0.2, 0.25) is 0 Å². The Morgan fingerprint density at radius 2 is 1.85 bits per heavy atom. The summed E-state index contributed by atoms with van der Waals surface area (Å²) in [6.45, 7) is 6.38. The van der Waals surface area contributed by atoms with Crippen molar-refractivity contribution in [2.75, 3.05) is 11.9 Å². The largest absolute Gasteiger partial charge is 0.358 e. The van der Waals surface area contributed by atoms with E-state index in [2.05, 4.69) is 66.9 Å². The molecule has 1 fully saturated rings. The van der Waals surface area contributed by atoms with Gasteiger partial charge in [0, 0.05) is 31.7 Å². The highest BCUT2D eigenvalue weighted by Gasteiger charge is 2.19. The molecule has 0 spiro atoms. The van der Waals surface area contributed by atoms with Crippen molar-refractivity contribution in [1.82, 2.24) is 10.2 Å². The second-order valence-corrected chi connectivity index (χ2v) is 7.27. The van der Waals surface area contributed by atoms with Crippen LogP contribution >= 0.6 is 12.2 Å². The van der Waals surface area contributed by atoms with Crippen LogP contribution in [0.15, 0.2) is 42.5 Å². The third kappa shape index (κ3) is 4.82. The number of rotatable bonds is 5. The number of likely N-dealkylation sites (tertiary alicyclic amines) is 1. The molecule has 2 aromatic carbocycles. The minimum absolute atomic E-state index is 0.263. The summed E-state index contributed by atoms with van der Waals surface area (Å²) in [5.41, 5.74) is 5.73. The molecule has 0 aliphatic carbocycles. The minimum Gasteiger partial charge on any atom is -0.358 e. The van der Waals surface area contributed by atoms with Gasteiger partial charge in [-0.1, -0.05) is 36.4 Å². The maximum absolute atomic E-state index is 11.7. The zero-order valence-corrected chi connectivity index (χ0v) is 16.2. The van der Waals surface area contributed by atoms with Crippen LogP contribution in [0.5, 0.6) is 0 Å². The van der Waals surface area contributed by atoms with Crippen LogP contribution in [-0.2, 0) is 17.9 Å². The number of anilines is 1. The zero-order valence-electron chi connectivity index (χ0n) is 15.3. The highest BCUT2D eigenvalue weighted by atomic mass is 32.1. The molecule has 1 aliphatic heterocycles. The Labute approximate surface area is 160 Å². The van der Waals surface area contributed by atoms with Crippen molar-refractivity contribution in [3.8, 4) is 0 Å². The molecule has 2 N–H and O–H groups in total. The van der Waals surface area contributed by atoms with Crippen molar-refractivity contribution < 1.29 is 4.79 Å². The number of carbonyl (C=O) groups excluding carboxylic acids is 1. The van der Waals surface area contributed by atoms with Crippen LogP contribution < -0.4 is 10.6 Å². The normalized spacial score (nSPS) is 13.8. The van der Waals surface area contributed by atoms with Gasteiger partial charge in [0.1, 0.15) is 0 Å². The van der Waals surface area contributed by atoms with Gasteiger partial charge in [-0.2, -0.15) is 0 Å². The third-order valence-corrected chi connectivity index (χ3v) is 4.91. The molecule has 1 saturated heterocycles. The third-order valence-electron chi connectivity index (χ3n) is 4.66. The highest BCUT2D eigenvalue weighted by Crippen LogP contribution is 2.17. The van der Waals surface area contributed by atoms with E-state index in [0.717, 1.165) is 24.2 Å². The number of amides is 1. The van der Waals surface area contributed by atoms with Crippen LogP contribution in [0.25, 0.3) is 0 Å². The second kappa shape index (κ2) is 8.32. The average molecular weight is 368 g/mol. The molecule has 2 aromatic rings. The summed E-state index contributed by atoms with van der Waals surface area (Å²) in [5.74, 6) is 0.263. The van der Waals surface area contributed by atoms with E-state index in [0.29, 0.717) is 24.6 Å². The van der Waals surface area contributed by atoms with Gasteiger partial charge in [0.05, 0.1) is 0 Å². The molecule has 0 aromatic heterocycles. The number of thiocarbonyl (C=S) groups is 1. The van der Waals surface area contributed by atoms with Gasteiger partial charge in [0.15, 0.2) is 5.11 Å². The van der Waals surface area contributed by atoms with Gasteiger partial charge in [-0.05, 0) is 60.8 Å². The van der Waals surface area contributed by atoms with E-state index in [-0.39, 0.29) is 5.91 Å². The number of aryl methyl sites for hydroxylation is 2. The summed E-state index contributed by atoms with van der Waals surface area (Å²) in [6.07, 6.45) is 1.67. The van der Waals surface area contributed by atoms with Crippen molar-refractivity contribution in [3.05, 3.63) is 64.7 Å². The van der Waals surface area contributed by atoms with E-state index in [1.807, 2.05) is 4.90 Å². The number of hydrogen-bond acceptors (Lipinski definition) is 2. The van der Waals surface area contributed by atoms with Crippen LogP contribution in [-0.4, -0.2) is 22.5 Å². The van der Waals surface area contributed by atoms with E-state index < -0.39 is 0 Å². The molecule has 5 heteroatoms. The van der Waals surface area contributed by atoms with E-state index in [1.165, 1.54) is 16.7 Å². The fourth-order valence-electron chi connectivity index (χ4n) is 3.07. The number of nitrogens with one attached hydrogen (secondary N) is 2. The lowest BCUT2D eigenvalue weighted by Crippen LogP contribution is -2.28. The summed E-state index contributed by atoms with van der Waals surface area (Å²) in [6, 6.07) is 14.6. The Hall–Kier alpha value is -2.40. The van der Waals surface area contributed by atoms with E-state index in [9.17, 15) is 4.79 Å². The number of benzene rings is 2. The first-order chi connectivity index (χ1) is 12.5. The van der Waals surface area contributed by atoms with Gasteiger partial charge < -0.3 is 15.5 Å². The average Bonchev–Trinajstić information content (AvgIpc) is 3.02. The lowest BCUT2D eigenvalue weighted by molar-refractivity contribution is -0.128. The standard InChI is InChI=1S/C21H25N3OS/c1-15-5-6-16(2)19(12-15)23-21(26)22-13-17-7-9-18(10-8-17)14-24-11-3-4-20(24)25/h5-10,12H,3-4,11,13-14H2,1-2H3,(H2,22,23,26). The van der Waals surface area contributed by atoms with Crippen LogP contribution in [0.3, 0.4) is 0 Å². The molecule has 0 atom stereocenters. The number of carbonyl (C=O) groups is 1. The van der Waals surface area contributed by atoms with Crippen molar-refractivity contribution >= 4 is 28.9 Å². The molecule has 26 heavy (non-hydrogen) atoms. The van der Waals surface area contributed by atoms with Gasteiger partial charge in [0.2, 0.25) is 5.91 Å². The van der Waals surface area contributed by atoms with Crippen molar-refractivity contribution in [3.63, 3.8) is 0 Å². The van der Waals surface area contributed by atoms with Gasteiger partial charge >= 0.3 is 0 Å². The number of nitrogens with zero attached hydrogens (tertiary/aromatic N) is 1. The molecule has 1 heterocycles. The summed E-state index contributed by atoms with van der Waals surface area (Å²) < 4.78 is 0. The van der Waals surface area contributed by atoms with Crippen LogP contribution in [0.4, 0.5) is 5.69 Å². The van der Waals surface area contributed by atoms with E-state index in [1.54, 1.807) is 0 Å². The lowest BCUT2D eigenvalue weighted by atomic mass is 10.1. The minimum atomic E-state index is 0.263. The molecule has 0 saturated carbocycles. The van der Waals surface area contributed by atoms with Crippen molar-refractivity contribution in [2.45, 2.75) is 39.8 Å².